The summed E-state index contributed by atoms with van der Waals surface area (Å²) < 4.78 is 44.9. The maximum atomic E-state index is 13.8. The first-order valence-electron chi connectivity index (χ1n) is 11.7. The van der Waals surface area contributed by atoms with Gasteiger partial charge in [0.15, 0.2) is 0 Å². The number of alkyl carbamates (subject to hydrolysis) is 1. The third-order valence-electron chi connectivity index (χ3n) is 7.24. The van der Waals surface area contributed by atoms with Crippen LogP contribution in [-0.2, 0) is 28.7 Å². The highest BCUT2D eigenvalue weighted by atomic mass is 19.4. The van der Waals surface area contributed by atoms with Gasteiger partial charge < -0.3 is 15.0 Å². The summed E-state index contributed by atoms with van der Waals surface area (Å²) in [5.41, 5.74) is -0.875. The molecule has 2 saturated carbocycles. The molecule has 2 amide bonds. The van der Waals surface area contributed by atoms with Crippen LogP contribution in [0.25, 0.3) is 0 Å². The number of halogens is 3. The van der Waals surface area contributed by atoms with Crippen LogP contribution in [0.4, 0.5) is 18.0 Å². The summed E-state index contributed by atoms with van der Waals surface area (Å²) in [4.78, 5) is 31.8. The van der Waals surface area contributed by atoms with Gasteiger partial charge >= 0.3 is 12.3 Å². The van der Waals surface area contributed by atoms with Crippen LogP contribution in [-0.4, -0.2) is 40.1 Å². The highest BCUT2D eigenvalue weighted by molar-refractivity contribution is 5.84. The van der Waals surface area contributed by atoms with Crippen LogP contribution in [0.2, 0.25) is 0 Å². The Morgan fingerprint density at radius 2 is 1.94 bits per heavy atom. The maximum Gasteiger partial charge on any atom is 0.417 e. The summed E-state index contributed by atoms with van der Waals surface area (Å²) in [6.45, 7) is 6.00. The molecule has 2 fully saturated rings. The average Bonchev–Trinajstić information content (AvgIpc) is 3.06. The Kier molecular flexibility index (Phi) is 6.12. The Balaban J connectivity index is 1.50. The van der Waals surface area contributed by atoms with Crippen LogP contribution in [0, 0.1) is 11.3 Å². The number of nitrogens with one attached hydrogen (secondary N) is 1. The van der Waals surface area contributed by atoms with Crippen molar-refractivity contribution in [2.45, 2.75) is 90.1 Å². The lowest BCUT2D eigenvalue weighted by Gasteiger charge is -2.45. The molecule has 3 aliphatic rings. The third kappa shape index (κ3) is 4.96. The molecule has 2 heterocycles. The predicted octanol–water partition coefficient (Wildman–Crippen LogP) is 4.85. The highest BCUT2D eigenvalue weighted by Crippen LogP contribution is 2.53. The third-order valence-corrected chi connectivity index (χ3v) is 7.24. The lowest BCUT2D eigenvalue weighted by atomic mass is 9.63. The molecule has 0 aromatic carbocycles. The van der Waals surface area contributed by atoms with Crippen molar-refractivity contribution < 1.29 is 27.5 Å². The van der Waals surface area contributed by atoms with E-state index in [0.29, 0.717) is 43.5 Å². The molecule has 0 saturated heterocycles. The Bertz CT molecular complexity index is 924. The molecule has 0 radical (unpaired) electrons. The van der Waals surface area contributed by atoms with Gasteiger partial charge in [-0.1, -0.05) is 6.42 Å². The van der Waals surface area contributed by atoms with E-state index in [1.807, 2.05) is 0 Å². The molecule has 1 N–H and O–H groups in total. The summed E-state index contributed by atoms with van der Waals surface area (Å²) in [6.07, 6.45) is 1.27. The van der Waals surface area contributed by atoms with E-state index in [9.17, 15) is 22.8 Å². The fourth-order valence-corrected chi connectivity index (χ4v) is 5.44. The van der Waals surface area contributed by atoms with Crippen molar-refractivity contribution in [1.82, 2.24) is 15.2 Å². The van der Waals surface area contributed by atoms with Crippen molar-refractivity contribution in [3.05, 3.63) is 29.1 Å². The minimum atomic E-state index is -4.46. The number of rotatable bonds is 3. The van der Waals surface area contributed by atoms with Crippen molar-refractivity contribution >= 4 is 12.0 Å². The first-order chi connectivity index (χ1) is 15.4. The predicted molar refractivity (Wildman–Crippen MR) is 115 cm³/mol. The molecule has 2 unspecified atom stereocenters. The number of aromatic nitrogens is 1. The quantitative estimate of drug-likeness (QED) is 0.690. The molecule has 1 aliphatic heterocycles. The SMILES string of the molecule is CC(C)(C)OC(=O)NC1CCC(C(=O)N2CCc3ncc(C(F)(F)F)cc3C2)(C2CCC2)C1. The van der Waals surface area contributed by atoms with Gasteiger partial charge in [-0.05, 0) is 70.4 Å². The van der Waals surface area contributed by atoms with E-state index in [0.717, 1.165) is 31.5 Å². The maximum absolute atomic E-state index is 13.8. The lowest BCUT2D eigenvalue weighted by Crippen LogP contribution is -2.51. The van der Waals surface area contributed by atoms with Crippen LogP contribution in [0.5, 0.6) is 0 Å². The monoisotopic (exact) mass is 467 g/mol. The van der Waals surface area contributed by atoms with Crippen molar-refractivity contribution in [3.63, 3.8) is 0 Å². The van der Waals surface area contributed by atoms with Crippen LogP contribution >= 0.6 is 0 Å². The molecule has 0 spiro atoms. The molecule has 2 atom stereocenters. The number of hydrogen-bond donors (Lipinski definition) is 1. The van der Waals surface area contributed by atoms with E-state index in [1.54, 1.807) is 25.7 Å². The summed E-state index contributed by atoms with van der Waals surface area (Å²) in [5.74, 6) is 0.250. The molecule has 182 valence electrons. The second-order valence-electron chi connectivity index (χ2n) is 10.7. The van der Waals surface area contributed by atoms with Crippen molar-refractivity contribution in [2.75, 3.05) is 6.54 Å². The lowest BCUT2D eigenvalue weighted by molar-refractivity contribution is -0.149. The van der Waals surface area contributed by atoms with Crippen LogP contribution < -0.4 is 5.32 Å². The van der Waals surface area contributed by atoms with Crippen LogP contribution in [0.3, 0.4) is 0 Å². The summed E-state index contributed by atoms with van der Waals surface area (Å²) in [6, 6.07) is 0.972. The largest absolute Gasteiger partial charge is 0.444 e. The Morgan fingerprint density at radius 3 is 2.55 bits per heavy atom. The van der Waals surface area contributed by atoms with Crippen LogP contribution in [0.1, 0.15) is 76.1 Å². The zero-order chi connectivity index (χ0) is 24.0. The molecule has 4 rings (SSSR count). The van der Waals surface area contributed by atoms with Crippen molar-refractivity contribution in [1.29, 1.82) is 0 Å². The summed E-state index contributed by atoms with van der Waals surface area (Å²) in [5, 5.41) is 2.92. The molecule has 6 nitrogen and oxygen atoms in total. The summed E-state index contributed by atoms with van der Waals surface area (Å²) in [7, 11) is 0. The number of pyridine rings is 1. The number of amides is 2. The smallest absolute Gasteiger partial charge is 0.417 e. The highest BCUT2D eigenvalue weighted by Gasteiger charge is 2.54. The van der Waals surface area contributed by atoms with Gasteiger partial charge in [0.25, 0.3) is 0 Å². The minimum absolute atomic E-state index is 0.00347. The molecule has 1 aromatic rings. The van der Waals surface area contributed by atoms with Gasteiger partial charge in [0, 0.05) is 37.4 Å². The van der Waals surface area contributed by atoms with Gasteiger partial charge in [-0.3, -0.25) is 9.78 Å². The standard InChI is InChI=1S/C24H32F3N3O3/c1-22(2,3)33-21(32)29-18-7-9-23(12-18,16-5-4-6-16)20(31)30-10-8-19-15(14-30)11-17(13-28-19)24(25,26)27/h11,13,16,18H,4-10,12,14H2,1-3H3,(H,29,32). The van der Waals surface area contributed by atoms with Crippen molar-refractivity contribution in [2.24, 2.45) is 11.3 Å². The van der Waals surface area contributed by atoms with E-state index in [1.165, 1.54) is 0 Å². The van der Waals surface area contributed by atoms with Crippen molar-refractivity contribution in [3.8, 4) is 0 Å². The number of ether oxygens (including phenoxy) is 1. The van der Waals surface area contributed by atoms with Gasteiger partial charge in [0.2, 0.25) is 5.91 Å². The van der Waals surface area contributed by atoms with E-state index in [2.05, 4.69) is 10.3 Å². The Morgan fingerprint density at radius 1 is 1.21 bits per heavy atom. The van der Waals surface area contributed by atoms with E-state index >= 15 is 0 Å². The first-order valence-corrected chi connectivity index (χ1v) is 11.7. The van der Waals surface area contributed by atoms with Gasteiger partial charge in [0.05, 0.1) is 11.0 Å². The fraction of sp³-hybridized carbons (Fsp3) is 0.708. The number of alkyl halides is 3. The average molecular weight is 468 g/mol. The molecule has 2 aliphatic carbocycles. The number of carbonyl (C=O) groups is 2. The molecule has 33 heavy (non-hydrogen) atoms. The second-order valence-corrected chi connectivity index (χ2v) is 10.7. The number of nitrogens with zero attached hydrogens (tertiary/aromatic N) is 2. The topological polar surface area (TPSA) is 71.5 Å². The molecule has 0 bridgehead atoms. The number of carbonyl (C=O) groups excluding carboxylic acids is 2. The minimum Gasteiger partial charge on any atom is -0.444 e. The second kappa shape index (κ2) is 8.47. The molecular formula is C24H32F3N3O3. The number of fused-ring (bicyclic) bond motifs is 1. The van der Waals surface area contributed by atoms with Crippen LogP contribution in [0.15, 0.2) is 12.3 Å². The van der Waals surface area contributed by atoms with E-state index in [-0.39, 0.29) is 24.4 Å². The van der Waals surface area contributed by atoms with E-state index in [4.69, 9.17) is 4.74 Å². The number of hydrogen-bond acceptors (Lipinski definition) is 4. The van der Waals surface area contributed by atoms with Gasteiger partial charge in [0.1, 0.15) is 5.60 Å². The molecular weight excluding hydrogens is 435 g/mol. The normalized spacial score (nSPS) is 25.9. The van der Waals surface area contributed by atoms with E-state index < -0.39 is 28.8 Å². The van der Waals surface area contributed by atoms with Gasteiger partial charge in [-0.25, -0.2) is 4.79 Å². The molecule has 9 heteroatoms. The first kappa shape index (κ1) is 23.8. The zero-order valence-electron chi connectivity index (χ0n) is 19.4. The molecule has 1 aromatic heterocycles. The van der Waals surface area contributed by atoms with Gasteiger partial charge in [-0.2, -0.15) is 13.2 Å². The zero-order valence-corrected chi connectivity index (χ0v) is 19.4. The Hall–Kier alpha value is -2.32. The fourth-order valence-electron chi connectivity index (χ4n) is 5.44. The summed E-state index contributed by atoms with van der Waals surface area (Å²) >= 11 is 0. The van der Waals surface area contributed by atoms with Gasteiger partial charge in [-0.15, -0.1) is 0 Å². The Labute approximate surface area is 192 Å².